The van der Waals surface area contributed by atoms with Crippen molar-refractivity contribution < 1.29 is 9.53 Å². The minimum atomic E-state index is 0.123. The number of nitrogens with one attached hydrogen (secondary N) is 1. The van der Waals surface area contributed by atoms with Crippen LogP contribution < -0.4 is 10.1 Å². The maximum Gasteiger partial charge on any atom is 0.223 e. The Bertz CT molecular complexity index is 517. The Kier molecular flexibility index (Phi) is 7.76. The van der Waals surface area contributed by atoms with Crippen molar-refractivity contribution in [1.29, 1.82) is 0 Å². The molecule has 0 aromatic heterocycles. The van der Waals surface area contributed by atoms with E-state index >= 15 is 0 Å². The number of hydrogen-bond acceptors (Lipinski definition) is 3. The normalized spacial score (nSPS) is 17.5. The minimum Gasteiger partial charge on any atom is -0.497 e. The number of piperidine rings is 1. The van der Waals surface area contributed by atoms with Crippen LogP contribution in [0.2, 0.25) is 0 Å². The van der Waals surface area contributed by atoms with Gasteiger partial charge in [0, 0.05) is 12.5 Å². The van der Waals surface area contributed by atoms with E-state index in [1.54, 1.807) is 7.11 Å². The maximum atomic E-state index is 12.4. The molecule has 4 heteroatoms. The fraction of sp³-hybridized carbons (Fsp3) is 0.667. The van der Waals surface area contributed by atoms with Gasteiger partial charge in [0.2, 0.25) is 5.91 Å². The fourth-order valence-corrected chi connectivity index (χ4v) is 3.63. The van der Waals surface area contributed by atoms with Crippen LogP contribution in [0.15, 0.2) is 24.3 Å². The monoisotopic (exact) mass is 346 g/mol. The third-order valence-electron chi connectivity index (χ3n) is 5.59. The number of methoxy groups -OCH3 is 1. The number of carbonyl (C=O) groups excluding carboxylic acids is 1. The van der Waals surface area contributed by atoms with Crippen LogP contribution in [0.4, 0.5) is 0 Å². The van der Waals surface area contributed by atoms with Gasteiger partial charge in [-0.25, -0.2) is 0 Å². The van der Waals surface area contributed by atoms with Crippen molar-refractivity contribution in [2.24, 2.45) is 11.8 Å². The number of carbonyl (C=O) groups is 1. The Morgan fingerprint density at radius 1 is 1.20 bits per heavy atom. The van der Waals surface area contributed by atoms with Crippen LogP contribution in [0.3, 0.4) is 0 Å². The van der Waals surface area contributed by atoms with Crippen molar-refractivity contribution in [1.82, 2.24) is 10.2 Å². The van der Waals surface area contributed by atoms with E-state index in [9.17, 15) is 4.79 Å². The molecule has 1 N–H and O–H groups in total. The molecule has 1 fully saturated rings. The highest BCUT2D eigenvalue weighted by molar-refractivity contribution is 5.78. The molecule has 1 atom stereocenters. The topological polar surface area (TPSA) is 41.6 Å². The molecule has 0 saturated carbocycles. The molecule has 0 radical (unpaired) electrons. The molecule has 1 unspecified atom stereocenters. The van der Waals surface area contributed by atoms with Crippen LogP contribution in [0.5, 0.6) is 5.75 Å². The molecule has 1 aromatic rings. The standard InChI is InChI=1S/C21H34N2O2/c1-5-17(6-2)21(24)22-15-20(23-13-11-16(3)12-14-23)18-7-9-19(25-4)10-8-18/h7-10,16-17,20H,5-6,11-15H2,1-4H3,(H,22,24). The van der Waals surface area contributed by atoms with Gasteiger partial charge in [-0.1, -0.05) is 32.9 Å². The first-order chi connectivity index (χ1) is 12.1. The molecule has 1 heterocycles. The van der Waals surface area contributed by atoms with Crippen molar-refractivity contribution >= 4 is 5.91 Å². The molecule has 1 saturated heterocycles. The quantitative estimate of drug-likeness (QED) is 0.773. The third kappa shape index (κ3) is 5.46. The van der Waals surface area contributed by atoms with Crippen molar-refractivity contribution in [2.75, 3.05) is 26.7 Å². The molecule has 2 rings (SSSR count). The zero-order valence-electron chi connectivity index (χ0n) is 16.3. The van der Waals surface area contributed by atoms with Gasteiger partial charge in [-0.15, -0.1) is 0 Å². The summed E-state index contributed by atoms with van der Waals surface area (Å²) in [6.45, 7) is 9.36. The predicted octanol–water partition coefficient (Wildman–Crippen LogP) is 4.02. The fourth-order valence-electron chi connectivity index (χ4n) is 3.63. The van der Waals surface area contributed by atoms with Crippen LogP contribution in [-0.4, -0.2) is 37.6 Å². The van der Waals surface area contributed by atoms with E-state index in [1.165, 1.54) is 18.4 Å². The first-order valence-electron chi connectivity index (χ1n) is 9.74. The van der Waals surface area contributed by atoms with Gasteiger partial charge in [0.15, 0.2) is 0 Å². The molecule has 0 spiro atoms. The number of likely N-dealkylation sites (tertiary alicyclic amines) is 1. The first-order valence-corrected chi connectivity index (χ1v) is 9.74. The van der Waals surface area contributed by atoms with Crippen molar-refractivity contribution in [3.05, 3.63) is 29.8 Å². The molecule has 4 nitrogen and oxygen atoms in total. The molecule has 1 amide bonds. The number of hydrogen-bond donors (Lipinski definition) is 1. The van der Waals surface area contributed by atoms with E-state index in [2.05, 4.69) is 43.1 Å². The molecule has 25 heavy (non-hydrogen) atoms. The van der Waals surface area contributed by atoms with Gasteiger partial charge in [-0.3, -0.25) is 9.69 Å². The van der Waals surface area contributed by atoms with Gasteiger partial charge in [0.1, 0.15) is 5.75 Å². The molecule has 1 aliphatic heterocycles. The SMILES string of the molecule is CCC(CC)C(=O)NCC(c1ccc(OC)cc1)N1CCC(C)CC1. The Morgan fingerprint density at radius 3 is 2.32 bits per heavy atom. The van der Waals surface area contributed by atoms with Crippen LogP contribution in [-0.2, 0) is 4.79 Å². The van der Waals surface area contributed by atoms with Crippen LogP contribution >= 0.6 is 0 Å². The zero-order chi connectivity index (χ0) is 18.2. The van der Waals surface area contributed by atoms with Gasteiger partial charge < -0.3 is 10.1 Å². The number of rotatable bonds is 8. The summed E-state index contributed by atoms with van der Waals surface area (Å²) < 4.78 is 5.28. The smallest absolute Gasteiger partial charge is 0.223 e. The molecular weight excluding hydrogens is 312 g/mol. The summed E-state index contributed by atoms with van der Waals surface area (Å²) in [5.74, 6) is 1.98. The summed E-state index contributed by atoms with van der Waals surface area (Å²) >= 11 is 0. The Balaban J connectivity index is 2.09. The van der Waals surface area contributed by atoms with Crippen molar-refractivity contribution in [3.63, 3.8) is 0 Å². The summed E-state index contributed by atoms with van der Waals surface area (Å²) in [5.41, 5.74) is 1.25. The summed E-state index contributed by atoms with van der Waals surface area (Å²) in [6.07, 6.45) is 4.26. The highest BCUT2D eigenvalue weighted by Crippen LogP contribution is 2.27. The van der Waals surface area contributed by atoms with Crippen molar-refractivity contribution in [2.45, 2.75) is 52.5 Å². The average molecular weight is 347 g/mol. The molecule has 1 aliphatic rings. The van der Waals surface area contributed by atoms with E-state index in [1.807, 2.05) is 12.1 Å². The minimum absolute atomic E-state index is 0.123. The number of ether oxygens (including phenoxy) is 1. The second kappa shape index (κ2) is 9.81. The van der Waals surface area contributed by atoms with Gasteiger partial charge in [0.05, 0.1) is 13.2 Å². The number of benzene rings is 1. The zero-order valence-corrected chi connectivity index (χ0v) is 16.3. The lowest BCUT2D eigenvalue weighted by molar-refractivity contribution is -0.125. The lowest BCUT2D eigenvalue weighted by atomic mass is 9.95. The highest BCUT2D eigenvalue weighted by Gasteiger charge is 2.26. The third-order valence-corrected chi connectivity index (χ3v) is 5.59. The maximum absolute atomic E-state index is 12.4. The number of amides is 1. The Labute approximate surface area is 152 Å². The van der Waals surface area contributed by atoms with Gasteiger partial charge in [0.25, 0.3) is 0 Å². The Hall–Kier alpha value is -1.55. The predicted molar refractivity (Wildman–Crippen MR) is 103 cm³/mol. The summed E-state index contributed by atoms with van der Waals surface area (Å²) in [5, 5.41) is 3.21. The summed E-state index contributed by atoms with van der Waals surface area (Å²) in [6, 6.07) is 8.52. The van der Waals surface area contributed by atoms with Crippen LogP contribution in [0.1, 0.15) is 58.1 Å². The summed E-state index contributed by atoms with van der Waals surface area (Å²) in [7, 11) is 1.69. The first kappa shape index (κ1) is 19.8. The second-order valence-corrected chi connectivity index (χ2v) is 7.27. The van der Waals surface area contributed by atoms with E-state index in [4.69, 9.17) is 4.74 Å². The van der Waals surface area contributed by atoms with Crippen molar-refractivity contribution in [3.8, 4) is 5.75 Å². The number of nitrogens with zero attached hydrogens (tertiary/aromatic N) is 1. The van der Waals surface area contributed by atoms with Gasteiger partial charge in [-0.05, 0) is 62.4 Å². The van der Waals surface area contributed by atoms with Crippen LogP contribution in [0.25, 0.3) is 0 Å². The van der Waals surface area contributed by atoms with Gasteiger partial charge >= 0.3 is 0 Å². The molecule has 0 bridgehead atoms. The van der Waals surface area contributed by atoms with E-state index in [0.29, 0.717) is 6.54 Å². The van der Waals surface area contributed by atoms with Crippen LogP contribution in [0, 0.1) is 11.8 Å². The largest absolute Gasteiger partial charge is 0.497 e. The van der Waals surface area contributed by atoms with E-state index in [0.717, 1.165) is 37.6 Å². The molecule has 140 valence electrons. The lowest BCUT2D eigenvalue weighted by Crippen LogP contribution is -2.43. The molecule has 1 aromatic carbocycles. The Morgan fingerprint density at radius 2 is 1.80 bits per heavy atom. The lowest BCUT2D eigenvalue weighted by Gasteiger charge is -2.37. The second-order valence-electron chi connectivity index (χ2n) is 7.27. The van der Waals surface area contributed by atoms with Gasteiger partial charge in [-0.2, -0.15) is 0 Å². The molecular formula is C21H34N2O2. The average Bonchev–Trinajstić information content (AvgIpc) is 2.65. The molecule has 0 aliphatic carbocycles. The summed E-state index contributed by atoms with van der Waals surface area (Å²) in [4.78, 5) is 14.9. The van der Waals surface area contributed by atoms with E-state index < -0.39 is 0 Å². The van der Waals surface area contributed by atoms with E-state index in [-0.39, 0.29) is 17.9 Å². The highest BCUT2D eigenvalue weighted by atomic mass is 16.5.